The molecule has 13 heteroatoms. The van der Waals surface area contributed by atoms with Crippen molar-refractivity contribution in [2.45, 2.75) is 136 Å². The summed E-state index contributed by atoms with van der Waals surface area (Å²) in [5.41, 5.74) is -0.116. The number of ether oxygens (including phenoxy) is 5. The van der Waals surface area contributed by atoms with E-state index in [4.69, 9.17) is 23.7 Å². The van der Waals surface area contributed by atoms with Gasteiger partial charge in [0.05, 0.1) is 36.0 Å². The topological polar surface area (TPSA) is 163 Å². The van der Waals surface area contributed by atoms with Gasteiger partial charge in [0.2, 0.25) is 0 Å². The number of hydrogen-bond acceptors (Lipinski definition) is 12. The molecule has 13 atom stereocenters. The van der Waals surface area contributed by atoms with E-state index in [2.05, 4.69) is 16.9 Å². The van der Waals surface area contributed by atoms with Crippen molar-refractivity contribution >= 4 is 40.6 Å². The maximum absolute atomic E-state index is 14.5. The summed E-state index contributed by atoms with van der Waals surface area (Å²) in [6.45, 7) is 20.3. The molecule has 318 valence electrons. The Morgan fingerprint density at radius 3 is 2.48 bits per heavy atom. The highest BCUT2D eigenvalue weighted by molar-refractivity contribution is 6.00. The third-order valence-electron chi connectivity index (χ3n) is 12.3. The number of para-hydroxylation sites is 1. The number of alkyl carbamates (subject to hydrolysis) is 1. The van der Waals surface area contributed by atoms with Crippen LogP contribution >= 0.6 is 0 Å². The number of rotatable bonds is 10. The minimum Gasteiger partial charge on any atom is -0.458 e. The van der Waals surface area contributed by atoms with Crippen molar-refractivity contribution in [1.29, 1.82) is 0 Å². The van der Waals surface area contributed by atoms with E-state index < -0.39 is 83.4 Å². The lowest BCUT2D eigenvalue weighted by Crippen LogP contribution is -2.60. The van der Waals surface area contributed by atoms with Crippen molar-refractivity contribution in [3.8, 4) is 0 Å². The summed E-state index contributed by atoms with van der Waals surface area (Å²) >= 11 is 0. The Kier molecular flexibility index (Phi) is 14.4. The number of nitrogens with zero attached hydrogens (tertiary/aromatic N) is 2. The van der Waals surface area contributed by atoms with E-state index in [1.165, 1.54) is 6.92 Å². The maximum atomic E-state index is 14.5. The molecule has 5 rings (SSSR count). The van der Waals surface area contributed by atoms with Crippen LogP contribution in [0.3, 0.4) is 0 Å². The molecule has 0 bridgehead atoms. The Morgan fingerprint density at radius 2 is 1.79 bits per heavy atom. The number of hydrogen-bond donors (Lipinski definition) is 2. The van der Waals surface area contributed by atoms with Crippen molar-refractivity contribution in [2.75, 3.05) is 20.2 Å². The Hall–Kier alpha value is -4.01. The zero-order valence-corrected chi connectivity index (χ0v) is 35.7. The normalized spacial score (nSPS) is 36.7. The van der Waals surface area contributed by atoms with Crippen LogP contribution < -0.4 is 5.32 Å². The average molecular weight is 806 g/mol. The van der Waals surface area contributed by atoms with Gasteiger partial charge in [0, 0.05) is 41.9 Å². The first kappa shape index (κ1) is 45.1. The van der Waals surface area contributed by atoms with Gasteiger partial charge in [0.15, 0.2) is 17.7 Å². The number of fused-ring (bicyclic) bond motifs is 2. The fourth-order valence-corrected chi connectivity index (χ4v) is 9.20. The molecule has 3 saturated heterocycles. The maximum Gasteiger partial charge on any atom is 0.408 e. The molecule has 0 saturated carbocycles. The van der Waals surface area contributed by atoms with Gasteiger partial charge in [-0.2, -0.15) is 0 Å². The van der Waals surface area contributed by atoms with Gasteiger partial charge in [-0.15, -0.1) is 0 Å². The van der Waals surface area contributed by atoms with E-state index in [1.807, 2.05) is 68.3 Å². The second-order valence-electron chi connectivity index (χ2n) is 17.3. The highest BCUT2D eigenvalue weighted by atomic mass is 16.7. The first-order valence-electron chi connectivity index (χ1n) is 20.6. The summed E-state index contributed by atoms with van der Waals surface area (Å²) in [7, 11) is 1.91. The molecule has 58 heavy (non-hydrogen) atoms. The number of cyclic esters (lactones) is 1. The lowest BCUT2D eigenvalue weighted by molar-refractivity contribution is -0.297. The molecule has 4 heterocycles. The van der Waals surface area contributed by atoms with Gasteiger partial charge in [-0.3, -0.25) is 24.3 Å². The van der Waals surface area contributed by atoms with E-state index in [-0.39, 0.29) is 37.4 Å². The highest BCUT2D eigenvalue weighted by Crippen LogP contribution is 2.40. The molecule has 1 aromatic carbocycles. The van der Waals surface area contributed by atoms with Gasteiger partial charge >= 0.3 is 12.1 Å². The Labute approximate surface area is 342 Å². The number of aliphatic hydroxyl groups is 1. The minimum atomic E-state index is -1.39. The van der Waals surface area contributed by atoms with Crippen LogP contribution in [0.1, 0.15) is 87.1 Å². The SMILES string of the molecule is C=C(C)CN(C)[C@H]1C[C@@H](C)OC(O[C@@H]2[C@@H](C)C(=O)[C@@H](C)C(=O)O[C@H](CC)[C@@]3(C)OC(=O)N[C@@H]3[C@@H](C)C(=O)[C@H](C)C[C@]2(C)OC/C=C/c2cnc3ccccc3c2)[C@@H]1O. The van der Waals surface area contributed by atoms with E-state index >= 15 is 0 Å². The van der Waals surface area contributed by atoms with E-state index in [0.717, 1.165) is 22.0 Å². The minimum absolute atomic E-state index is 0.0510. The zero-order valence-electron chi connectivity index (χ0n) is 35.7. The number of carbonyl (C=O) groups is 4. The molecule has 13 nitrogen and oxygen atoms in total. The smallest absolute Gasteiger partial charge is 0.408 e. The second-order valence-corrected chi connectivity index (χ2v) is 17.3. The van der Waals surface area contributed by atoms with Gasteiger partial charge in [0.25, 0.3) is 0 Å². The molecule has 3 fully saturated rings. The predicted octanol–water partition coefficient (Wildman–Crippen LogP) is 6.06. The molecule has 0 aliphatic carbocycles. The number of amides is 1. The second kappa shape index (κ2) is 18.5. The van der Waals surface area contributed by atoms with Crippen molar-refractivity contribution in [3.63, 3.8) is 0 Å². The summed E-state index contributed by atoms with van der Waals surface area (Å²) in [6, 6.07) is 8.63. The number of benzene rings is 1. The van der Waals surface area contributed by atoms with Crippen molar-refractivity contribution in [2.24, 2.45) is 23.7 Å². The average Bonchev–Trinajstić information content (AvgIpc) is 3.50. The number of esters is 1. The van der Waals surface area contributed by atoms with Crippen LogP contribution in [0.15, 0.2) is 54.8 Å². The number of nitrogens with one attached hydrogen (secondary N) is 1. The van der Waals surface area contributed by atoms with Crippen LogP contribution in [-0.2, 0) is 38.1 Å². The molecule has 1 amide bonds. The molecule has 2 aromatic rings. The molecular formula is C45H63N3O10. The monoisotopic (exact) mass is 805 g/mol. The lowest BCUT2D eigenvalue weighted by Gasteiger charge is -2.47. The summed E-state index contributed by atoms with van der Waals surface area (Å²) in [4.78, 5) is 62.3. The number of Topliss-reactive ketones (excluding diaryl/α,β-unsaturated/α-hetero) is 2. The fourth-order valence-electron chi connectivity index (χ4n) is 9.20. The number of carbonyl (C=O) groups excluding carboxylic acids is 4. The molecule has 2 N–H and O–H groups in total. The van der Waals surface area contributed by atoms with Crippen LogP contribution in [0, 0.1) is 23.7 Å². The molecule has 3 aliphatic heterocycles. The van der Waals surface area contributed by atoms with Gasteiger partial charge in [-0.25, -0.2) is 4.79 Å². The Morgan fingerprint density at radius 1 is 1.09 bits per heavy atom. The summed E-state index contributed by atoms with van der Waals surface area (Å²) in [6.07, 6.45) is 0.914. The van der Waals surface area contributed by atoms with Crippen LogP contribution in [0.4, 0.5) is 4.79 Å². The first-order valence-corrected chi connectivity index (χ1v) is 20.6. The number of ketones is 2. The number of pyridine rings is 1. The van der Waals surface area contributed by atoms with Crippen molar-refractivity contribution < 1.29 is 48.0 Å². The van der Waals surface area contributed by atoms with Crippen molar-refractivity contribution in [1.82, 2.24) is 15.2 Å². The quantitative estimate of drug-likeness (QED) is 0.163. The molecule has 0 radical (unpaired) electrons. The molecule has 1 aromatic heterocycles. The largest absolute Gasteiger partial charge is 0.458 e. The van der Waals surface area contributed by atoms with E-state index in [9.17, 15) is 24.3 Å². The summed E-state index contributed by atoms with van der Waals surface area (Å²) < 4.78 is 31.6. The molecule has 3 aliphatic rings. The number of likely N-dealkylation sites (N-methyl/N-ethyl adjacent to an activating group) is 1. The highest BCUT2D eigenvalue weighted by Gasteiger charge is 2.57. The molecular weight excluding hydrogens is 743 g/mol. The predicted molar refractivity (Wildman–Crippen MR) is 219 cm³/mol. The zero-order chi connectivity index (χ0) is 42.7. The van der Waals surface area contributed by atoms with Crippen LogP contribution in [0.2, 0.25) is 0 Å². The van der Waals surface area contributed by atoms with Crippen LogP contribution in [0.25, 0.3) is 17.0 Å². The van der Waals surface area contributed by atoms with Gasteiger partial charge in [-0.05, 0) is 78.6 Å². The molecule has 1 unspecified atom stereocenters. The van der Waals surface area contributed by atoms with Gasteiger partial charge in [-0.1, -0.05) is 70.2 Å². The Bertz CT molecular complexity index is 1870. The number of aromatic nitrogens is 1. The van der Waals surface area contributed by atoms with Gasteiger partial charge < -0.3 is 34.1 Å². The molecule has 0 spiro atoms. The van der Waals surface area contributed by atoms with Crippen LogP contribution in [-0.4, -0.2) is 113 Å². The summed E-state index contributed by atoms with van der Waals surface area (Å²) in [5, 5.41) is 15.6. The Balaban J connectivity index is 1.56. The van der Waals surface area contributed by atoms with Crippen LogP contribution in [0.5, 0.6) is 0 Å². The third kappa shape index (κ3) is 9.71. The fraction of sp³-hybridized carbons (Fsp3) is 0.622. The number of aliphatic hydroxyl groups excluding tert-OH is 1. The standard InChI is InChI=1S/C45H63N3O10/c1-12-35-45(10)39(47-43(53)58-45)28(6)36(49)26(4)22-44(9,54-19-15-16-31-21-32-17-13-14-18-33(32)46-23-31)40(29(7)37(50)30(8)41(52)56-35)57-42-38(51)34(20-27(5)55-42)48(11)24-25(2)3/h13-18,21,23,26-30,34-35,38-40,42,51H,2,12,19-20,22,24H2,1,3-11H3,(H,47,53)/b16-15+/t26-,27-,28+,29+,30-,34+,35-,38-,39-,40-,42?,44+,45-/m1/s1. The first-order chi connectivity index (χ1) is 27.3. The summed E-state index contributed by atoms with van der Waals surface area (Å²) in [5.74, 6) is -5.19. The lowest BCUT2D eigenvalue weighted by atomic mass is 9.73. The van der Waals surface area contributed by atoms with E-state index in [1.54, 1.807) is 47.7 Å². The third-order valence-corrected chi connectivity index (χ3v) is 12.3. The van der Waals surface area contributed by atoms with Gasteiger partial charge in [0.1, 0.15) is 23.9 Å². The van der Waals surface area contributed by atoms with Crippen molar-refractivity contribution in [3.05, 3.63) is 60.3 Å². The van der Waals surface area contributed by atoms with E-state index in [0.29, 0.717) is 13.0 Å².